The number of hydrogen-bond donors (Lipinski definition) is 0. The number of imidazole rings is 1. The van der Waals surface area contributed by atoms with Crippen LogP contribution in [0.5, 0.6) is 0 Å². The van der Waals surface area contributed by atoms with Gasteiger partial charge in [0.1, 0.15) is 12.4 Å². The van der Waals surface area contributed by atoms with E-state index >= 15 is 0 Å². The first-order valence-corrected chi connectivity index (χ1v) is 2.84. The Balaban J connectivity index is 2.84. The molecule has 2 nitrogen and oxygen atoms in total. The van der Waals surface area contributed by atoms with Crippen LogP contribution >= 0.6 is 0 Å². The smallest absolute Gasteiger partial charge is 0.309 e. The maximum absolute atomic E-state index is 2.12. The van der Waals surface area contributed by atoms with Crippen molar-refractivity contribution in [3.8, 4) is 0 Å². The fraction of sp³-hybridized carbons (Fsp3) is 0.250. The number of hydrogen-bond acceptors (Lipinski definition) is 0. The van der Waals surface area contributed by atoms with Crippen LogP contribution in [0.1, 0.15) is 0 Å². The van der Waals surface area contributed by atoms with Crippen molar-refractivity contribution in [2.45, 2.75) is 6.82 Å². The molecule has 0 aromatic carbocycles. The van der Waals surface area contributed by atoms with E-state index in [0.29, 0.717) is 0 Å². The second kappa shape index (κ2) is 2.07. The normalized spacial score (nSPS) is 9.12. The summed E-state index contributed by atoms with van der Waals surface area (Å²) in [5, 5.41) is 0. The highest BCUT2D eigenvalue weighted by molar-refractivity contribution is 6.31. The Morgan fingerprint density at radius 1 is 1.75 bits per heavy atom. The van der Waals surface area contributed by atoms with Crippen molar-refractivity contribution in [2.24, 2.45) is 0 Å². The molecule has 0 spiro atoms. The Morgan fingerprint density at radius 3 is 2.75 bits per heavy atom. The van der Waals surface area contributed by atoms with Gasteiger partial charge in [-0.3, -0.25) is 0 Å². The maximum Gasteiger partial charge on any atom is 0.356 e. The Labute approximate surface area is 50.8 Å². The van der Waals surface area contributed by atoms with Gasteiger partial charge in [0.15, 0.2) is 0 Å². The second-order valence-corrected chi connectivity index (χ2v) is 1.91. The Kier molecular flexibility index (Phi) is 1.42. The molecule has 0 amide bonds. The monoisotopic (exact) mass is 107 g/mol. The van der Waals surface area contributed by atoms with E-state index in [2.05, 4.69) is 23.8 Å². The van der Waals surface area contributed by atoms with Gasteiger partial charge in [0.05, 0.1) is 0 Å². The largest absolute Gasteiger partial charge is 0.356 e. The van der Waals surface area contributed by atoms with E-state index in [-0.39, 0.29) is 0 Å². The quantitative estimate of drug-likeness (QED) is 0.383. The highest BCUT2D eigenvalue weighted by atomic mass is 15.0. The fourth-order valence-electron chi connectivity index (χ4n) is 0.689. The zero-order valence-corrected chi connectivity index (χ0v) is 5.33. The van der Waals surface area contributed by atoms with E-state index in [1.807, 2.05) is 18.7 Å². The Bertz CT molecular complexity index is 172. The predicted octanol–water partition coefficient (Wildman–Crippen LogP) is -1.58. The summed E-state index contributed by atoms with van der Waals surface area (Å²) in [6.45, 7) is 2.12. The van der Waals surface area contributed by atoms with Gasteiger partial charge in [0, 0.05) is 0 Å². The Morgan fingerprint density at radius 2 is 2.50 bits per heavy atom. The minimum Gasteiger partial charge on any atom is -0.309 e. The lowest BCUT2D eigenvalue weighted by Gasteiger charge is -1.79. The minimum absolute atomic E-state index is 1.06. The van der Waals surface area contributed by atoms with Gasteiger partial charge in [-0.2, -0.15) is 0 Å². The zero-order valence-electron chi connectivity index (χ0n) is 5.33. The molecule has 8 heavy (non-hydrogen) atoms. The van der Waals surface area contributed by atoms with Crippen LogP contribution < -0.4 is 4.48 Å². The predicted molar refractivity (Wildman–Crippen MR) is 37.0 cm³/mol. The van der Waals surface area contributed by atoms with Crippen molar-refractivity contribution in [2.75, 3.05) is 0 Å². The van der Waals surface area contributed by atoms with Gasteiger partial charge in [-0.25, -0.2) is 0 Å². The van der Waals surface area contributed by atoms with Crippen molar-refractivity contribution in [3.05, 3.63) is 18.7 Å². The zero-order chi connectivity index (χ0) is 5.98. The average molecular weight is 107 g/mol. The molecule has 4 heteroatoms. The molecule has 1 heterocycles. The van der Waals surface area contributed by atoms with Crippen LogP contribution in [-0.2, 0) is 0 Å². The number of rotatable bonds is 1. The van der Waals surface area contributed by atoms with Gasteiger partial charge in [-0.1, -0.05) is 0 Å². The molecule has 0 atom stereocenters. The summed E-state index contributed by atoms with van der Waals surface area (Å²) in [6, 6.07) is 0. The molecule has 1 rings (SSSR count). The third kappa shape index (κ3) is 0.941. The molecular weight excluding hydrogens is 97.7 g/mol. The number of nitrogens with zero attached hydrogens (tertiary/aromatic N) is 2. The summed E-state index contributed by atoms with van der Waals surface area (Å²) < 4.78 is 4.16. The lowest BCUT2D eigenvalue weighted by molar-refractivity contribution is -0.520. The molecule has 0 N–H and O–H groups in total. The van der Waals surface area contributed by atoms with Crippen LogP contribution in [0.2, 0.25) is 6.82 Å². The number of aromatic nitrogens is 2. The molecule has 0 saturated heterocycles. The first-order chi connectivity index (χ1) is 3.83. The van der Waals surface area contributed by atoms with Gasteiger partial charge in [0.2, 0.25) is 6.33 Å². The maximum atomic E-state index is 2.12. The molecule has 0 aliphatic heterocycles. The lowest BCUT2D eigenvalue weighted by Crippen LogP contribution is -2.27. The molecule has 40 valence electrons. The van der Waals surface area contributed by atoms with Crippen LogP contribution in [0.15, 0.2) is 18.7 Å². The van der Waals surface area contributed by atoms with Crippen LogP contribution in [0.25, 0.3) is 0 Å². The third-order valence-electron chi connectivity index (χ3n) is 1.19. The van der Waals surface area contributed by atoms with Gasteiger partial charge in [-0.15, -0.1) is 0 Å². The molecule has 0 aliphatic rings. The van der Waals surface area contributed by atoms with Gasteiger partial charge in [-0.05, 0) is 6.82 Å². The molecule has 0 bridgehead atoms. The first-order valence-electron chi connectivity index (χ1n) is 2.84. The van der Waals surface area contributed by atoms with Crippen LogP contribution in [-0.4, -0.2) is 19.9 Å². The van der Waals surface area contributed by atoms with Crippen LogP contribution in [0.3, 0.4) is 0 Å². The second-order valence-electron chi connectivity index (χ2n) is 1.91. The summed E-state index contributed by atoms with van der Waals surface area (Å²) in [4.78, 5) is 0. The summed E-state index contributed by atoms with van der Waals surface area (Å²) in [6.07, 6.45) is 6.14. The first kappa shape index (κ1) is 5.48. The summed E-state index contributed by atoms with van der Waals surface area (Å²) in [7, 11) is 3.08. The van der Waals surface area contributed by atoms with Gasteiger partial charge >= 0.3 is 15.4 Å². The molecule has 0 saturated carbocycles. The highest BCUT2D eigenvalue weighted by Crippen LogP contribution is 1.74. The van der Waals surface area contributed by atoms with Crippen molar-refractivity contribution < 1.29 is 4.48 Å². The molecule has 1 aromatic heterocycles. The van der Waals surface area contributed by atoms with Crippen molar-refractivity contribution in [1.82, 2.24) is 4.48 Å². The molecular formula is C4H9B2N2+. The standard InChI is InChI=1S/C4H9B2N2/c1-6-8-3-2-7(5)4-8/h2-4,6H,5H2,1H3/q+1. The fourth-order valence-corrected chi connectivity index (χ4v) is 0.689. The summed E-state index contributed by atoms with van der Waals surface area (Å²) >= 11 is 0. The van der Waals surface area contributed by atoms with Crippen LogP contribution in [0.4, 0.5) is 0 Å². The van der Waals surface area contributed by atoms with Crippen molar-refractivity contribution in [3.63, 3.8) is 0 Å². The lowest BCUT2D eigenvalue weighted by atomic mass is 10.0. The van der Waals surface area contributed by atoms with Crippen LogP contribution in [0, 0.1) is 0 Å². The summed E-state index contributed by atoms with van der Waals surface area (Å²) in [5.41, 5.74) is 0. The van der Waals surface area contributed by atoms with E-state index in [9.17, 15) is 0 Å². The minimum atomic E-state index is 1.06. The summed E-state index contributed by atoms with van der Waals surface area (Å²) in [5.74, 6) is 0. The highest BCUT2D eigenvalue weighted by Gasteiger charge is 1.94. The molecule has 0 fully saturated rings. The Hall–Kier alpha value is -0.660. The van der Waals surface area contributed by atoms with E-state index in [1.54, 1.807) is 0 Å². The molecule has 0 unspecified atom stereocenters. The van der Waals surface area contributed by atoms with E-state index in [4.69, 9.17) is 0 Å². The SMILES string of the molecule is B[n+]1ccn(BC)c1. The van der Waals surface area contributed by atoms with E-state index in [0.717, 1.165) is 7.41 Å². The average Bonchev–Trinajstić information content (AvgIpc) is 2.14. The molecule has 1 aromatic rings. The van der Waals surface area contributed by atoms with Gasteiger partial charge in [0.25, 0.3) is 0 Å². The van der Waals surface area contributed by atoms with Crippen molar-refractivity contribution >= 4 is 15.4 Å². The topological polar surface area (TPSA) is 8.81 Å². The molecule has 0 aliphatic carbocycles. The van der Waals surface area contributed by atoms with Gasteiger partial charge < -0.3 is 8.96 Å². The molecule has 0 radical (unpaired) electrons. The van der Waals surface area contributed by atoms with Crippen molar-refractivity contribution in [1.29, 1.82) is 0 Å². The van der Waals surface area contributed by atoms with E-state index in [1.165, 1.54) is 0 Å². The third-order valence-corrected chi connectivity index (χ3v) is 1.19. The van der Waals surface area contributed by atoms with E-state index < -0.39 is 0 Å².